The summed E-state index contributed by atoms with van der Waals surface area (Å²) >= 11 is 1.63. The summed E-state index contributed by atoms with van der Waals surface area (Å²) in [6.45, 7) is 2.47. The zero-order valence-corrected chi connectivity index (χ0v) is 11.3. The molecule has 2 heterocycles. The highest BCUT2D eigenvalue weighted by molar-refractivity contribution is 7.07. The van der Waals surface area contributed by atoms with Gasteiger partial charge >= 0.3 is 0 Å². The van der Waals surface area contributed by atoms with Gasteiger partial charge in [-0.05, 0) is 34.5 Å². The Hall–Kier alpha value is -1.94. The van der Waals surface area contributed by atoms with Gasteiger partial charge in [0.05, 0.1) is 11.1 Å². The van der Waals surface area contributed by atoms with Crippen LogP contribution in [0, 0.1) is 0 Å². The molecule has 2 aromatic rings. The number of rotatable bonds is 3. The molecule has 1 aliphatic rings. The van der Waals surface area contributed by atoms with E-state index in [2.05, 4.69) is 5.38 Å². The molecule has 2 amide bonds. The fourth-order valence-electron chi connectivity index (χ4n) is 2.34. The second kappa shape index (κ2) is 4.63. The first kappa shape index (κ1) is 12.1. The lowest BCUT2D eigenvalue weighted by Crippen LogP contribution is -2.33. The van der Waals surface area contributed by atoms with Crippen molar-refractivity contribution in [2.24, 2.45) is 0 Å². The normalized spacial score (nSPS) is 15.7. The fourth-order valence-corrected chi connectivity index (χ4v) is 3.12. The van der Waals surface area contributed by atoms with E-state index in [0.717, 1.165) is 0 Å². The van der Waals surface area contributed by atoms with E-state index in [1.165, 1.54) is 10.5 Å². The summed E-state index contributed by atoms with van der Waals surface area (Å²) in [5, 5.41) is 4.07. The molecule has 0 unspecified atom stereocenters. The summed E-state index contributed by atoms with van der Waals surface area (Å²) in [7, 11) is 0. The molecule has 3 rings (SSSR count). The summed E-state index contributed by atoms with van der Waals surface area (Å²) in [4.78, 5) is 25.8. The van der Waals surface area contributed by atoms with E-state index in [0.29, 0.717) is 17.7 Å². The Labute approximate surface area is 115 Å². The van der Waals surface area contributed by atoms with Gasteiger partial charge in [0.25, 0.3) is 11.8 Å². The molecule has 0 spiro atoms. The average molecular weight is 271 g/mol. The number of benzene rings is 1. The van der Waals surface area contributed by atoms with Crippen LogP contribution in [0.1, 0.15) is 39.1 Å². The van der Waals surface area contributed by atoms with Gasteiger partial charge in [0.2, 0.25) is 0 Å². The minimum atomic E-state index is -0.178. The zero-order chi connectivity index (χ0) is 13.4. The third kappa shape index (κ3) is 1.98. The molecule has 1 atom stereocenters. The molecule has 0 N–H and O–H groups in total. The molecule has 0 fully saturated rings. The highest BCUT2D eigenvalue weighted by atomic mass is 32.1. The minimum absolute atomic E-state index is 0.161. The van der Waals surface area contributed by atoms with Crippen molar-refractivity contribution in [1.29, 1.82) is 0 Å². The van der Waals surface area contributed by atoms with Crippen molar-refractivity contribution in [3.8, 4) is 0 Å². The van der Waals surface area contributed by atoms with E-state index in [9.17, 15) is 9.59 Å². The van der Waals surface area contributed by atoms with E-state index >= 15 is 0 Å². The third-order valence-electron chi connectivity index (χ3n) is 3.45. The quantitative estimate of drug-likeness (QED) is 0.804. The van der Waals surface area contributed by atoms with Crippen molar-refractivity contribution in [1.82, 2.24) is 4.90 Å². The summed E-state index contributed by atoms with van der Waals surface area (Å²) in [5.41, 5.74) is 2.21. The van der Waals surface area contributed by atoms with Gasteiger partial charge in [0.1, 0.15) is 0 Å². The lowest BCUT2D eigenvalue weighted by molar-refractivity contribution is 0.0646. The minimum Gasteiger partial charge on any atom is -0.274 e. The van der Waals surface area contributed by atoms with Gasteiger partial charge in [-0.15, -0.1) is 0 Å². The van der Waals surface area contributed by atoms with Crippen molar-refractivity contribution in [2.45, 2.75) is 12.8 Å². The summed E-state index contributed by atoms with van der Waals surface area (Å²) in [6, 6.07) is 9.04. The van der Waals surface area contributed by atoms with Crippen molar-refractivity contribution >= 4 is 23.2 Å². The monoisotopic (exact) mass is 271 g/mol. The second-order valence-corrected chi connectivity index (χ2v) is 5.50. The second-order valence-electron chi connectivity index (χ2n) is 4.72. The number of amides is 2. The van der Waals surface area contributed by atoms with Gasteiger partial charge in [-0.25, -0.2) is 0 Å². The number of hydrogen-bond acceptors (Lipinski definition) is 3. The Balaban J connectivity index is 1.85. The topological polar surface area (TPSA) is 37.4 Å². The summed E-state index contributed by atoms with van der Waals surface area (Å²) < 4.78 is 0. The Bertz CT molecular complexity index is 598. The van der Waals surface area contributed by atoms with Gasteiger partial charge in [-0.3, -0.25) is 14.5 Å². The van der Waals surface area contributed by atoms with Gasteiger partial charge in [0.15, 0.2) is 0 Å². The fraction of sp³-hybridized carbons (Fsp3) is 0.200. The highest BCUT2D eigenvalue weighted by Crippen LogP contribution is 2.26. The first-order chi connectivity index (χ1) is 9.18. The number of imide groups is 1. The SMILES string of the molecule is C[C@H](CN1C(=O)c2ccccc2C1=O)c1ccsc1. The van der Waals surface area contributed by atoms with E-state index in [-0.39, 0.29) is 17.7 Å². The Morgan fingerprint density at radius 1 is 1.11 bits per heavy atom. The number of thiophene rings is 1. The van der Waals surface area contributed by atoms with Crippen LogP contribution in [0.2, 0.25) is 0 Å². The molecule has 0 radical (unpaired) electrons. The van der Waals surface area contributed by atoms with E-state index < -0.39 is 0 Å². The lowest BCUT2D eigenvalue weighted by atomic mass is 10.0. The van der Waals surface area contributed by atoms with Crippen molar-refractivity contribution in [2.75, 3.05) is 6.54 Å². The van der Waals surface area contributed by atoms with Gasteiger partial charge in [-0.2, -0.15) is 11.3 Å². The largest absolute Gasteiger partial charge is 0.274 e. The molecular formula is C15H13NO2S. The molecular weight excluding hydrogens is 258 g/mol. The average Bonchev–Trinajstić information content (AvgIpc) is 3.03. The van der Waals surface area contributed by atoms with Crippen LogP contribution in [-0.2, 0) is 0 Å². The first-order valence-corrected chi connectivity index (χ1v) is 7.10. The molecule has 96 valence electrons. The standard InChI is InChI=1S/C15H13NO2S/c1-10(11-6-7-19-9-11)8-16-14(17)12-4-2-3-5-13(12)15(16)18/h2-7,9-10H,8H2,1H3/t10-/m1/s1. The van der Waals surface area contributed by atoms with Crippen LogP contribution in [0.5, 0.6) is 0 Å². The Morgan fingerprint density at radius 2 is 1.74 bits per heavy atom. The summed E-state index contributed by atoms with van der Waals surface area (Å²) in [6.07, 6.45) is 0. The molecule has 3 nitrogen and oxygen atoms in total. The van der Waals surface area contributed by atoms with Gasteiger partial charge in [-0.1, -0.05) is 19.1 Å². The number of carbonyl (C=O) groups excluding carboxylic acids is 2. The lowest BCUT2D eigenvalue weighted by Gasteiger charge is -2.18. The van der Waals surface area contributed by atoms with E-state index in [4.69, 9.17) is 0 Å². The molecule has 4 heteroatoms. The van der Waals surface area contributed by atoms with Crippen LogP contribution in [0.3, 0.4) is 0 Å². The summed E-state index contributed by atoms with van der Waals surface area (Å²) in [5.74, 6) is -0.196. The number of fused-ring (bicyclic) bond motifs is 1. The molecule has 0 saturated carbocycles. The molecule has 1 aromatic heterocycles. The Morgan fingerprint density at radius 3 is 2.26 bits per heavy atom. The first-order valence-electron chi connectivity index (χ1n) is 6.16. The molecule has 19 heavy (non-hydrogen) atoms. The van der Waals surface area contributed by atoms with Crippen molar-refractivity contribution in [3.63, 3.8) is 0 Å². The van der Waals surface area contributed by atoms with Crippen molar-refractivity contribution < 1.29 is 9.59 Å². The maximum atomic E-state index is 12.2. The molecule has 1 aliphatic heterocycles. The van der Waals surface area contributed by atoms with Crippen LogP contribution in [0.15, 0.2) is 41.1 Å². The molecule has 0 bridgehead atoms. The highest BCUT2D eigenvalue weighted by Gasteiger charge is 2.35. The number of hydrogen-bond donors (Lipinski definition) is 0. The zero-order valence-electron chi connectivity index (χ0n) is 10.5. The van der Waals surface area contributed by atoms with Gasteiger partial charge in [0, 0.05) is 12.5 Å². The number of nitrogens with zero attached hydrogens (tertiary/aromatic N) is 1. The van der Waals surface area contributed by atoms with E-state index in [1.807, 2.05) is 18.4 Å². The van der Waals surface area contributed by atoms with Crippen molar-refractivity contribution in [3.05, 3.63) is 57.8 Å². The predicted octanol–water partition coefficient (Wildman–Crippen LogP) is 3.15. The maximum Gasteiger partial charge on any atom is 0.261 e. The molecule has 0 aliphatic carbocycles. The van der Waals surface area contributed by atoms with Crippen LogP contribution >= 0.6 is 11.3 Å². The van der Waals surface area contributed by atoms with E-state index in [1.54, 1.807) is 35.6 Å². The van der Waals surface area contributed by atoms with Crippen LogP contribution in [0.4, 0.5) is 0 Å². The predicted molar refractivity (Wildman–Crippen MR) is 74.5 cm³/mol. The molecule has 1 aromatic carbocycles. The molecule has 0 saturated heterocycles. The smallest absolute Gasteiger partial charge is 0.261 e. The van der Waals surface area contributed by atoms with Crippen LogP contribution < -0.4 is 0 Å². The van der Waals surface area contributed by atoms with Crippen LogP contribution in [0.25, 0.3) is 0 Å². The number of carbonyl (C=O) groups is 2. The maximum absolute atomic E-state index is 12.2. The third-order valence-corrected chi connectivity index (χ3v) is 4.15. The Kier molecular flexibility index (Phi) is 2.95. The van der Waals surface area contributed by atoms with Gasteiger partial charge < -0.3 is 0 Å². The van der Waals surface area contributed by atoms with Crippen LogP contribution in [-0.4, -0.2) is 23.3 Å².